The zero-order valence-electron chi connectivity index (χ0n) is 15.4. The monoisotopic (exact) mass is 366 g/mol. The molecule has 27 heavy (non-hydrogen) atoms. The summed E-state index contributed by atoms with van der Waals surface area (Å²) in [4.78, 5) is 31.4. The Hall–Kier alpha value is -3.22. The van der Waals surface area contributed by atoms with E-state index in [4.69, 9.17) is 14.9 Å². The Morgan fingerprint density at radius 3 is 2.67 bits per heavy atom. The van der Waals surface area contributed by atoms with Gasteiger partial charge in [0.15, 0.2) is 0 Å². The van der Waals surface area contributed by atoms with Crippen molar-refractivity contribution in [1.82, 2.24) is 14.5 Å². The van der Waals surface area contributed by atoms with Gasteiger partial charge in [-0.2, -0.15) is 0 Å². The summed E-state index contributed by atoms with van der Waals surface area (Å²) in [6, 6.07) is 8.14. The lowest BCUT2D eigenvalue weighted by Crippen LogP contribution is -2.23. The second-order valence-corrected chi connectivity index (χ2v) is 6.37. The van der Waals surface area contributed by atoms with E-state index >= 15 is 0 Å². The van der Waals surface area contributed by atoms with E-state index < -0.39 is 0 Å². The Balaban J connectivity index is 0.000000659. The standard InChI is InChI=1S/C19H20N4O.CH2O2/c1-3-22-11-18(20-12-22)17-9-13(2)15-10-14(6-7-16(15)21-17)23-8-4-5-19(23)24;2-1-3/h6-7,9-12H,3-5,8H2,1-2H3;1H,(H,2,3). The third-order valence-corrected chi connectivity index (χ3v) is 4.65. The van der Waals surface area contributed by atoms with Crippen molar-refractivity contribution in [3.8, 4) is 11.4 Å². The Morgan fingerprint density at radius 1 is 1.26 bits per heavy atom. The maximum atomic E-state index is 12.0. The minimum Gasteiger partial charge on any atom is -0.483 e. The highest BCUT2D eigenvalue weighted by Gasteiger charge is 2.22. The Kier molecular flexibility index (Phi) is 5.49. The summed E-state index contributed by atoms with van der Waals surface area (Å²) in [6.45, 7) is 5.63. The van der Waals surface area contributed by atoms with Crippen LogP contribution in [0.4, 0.5) is 5.69 Å². The summed E-state index contributed by atoms with van der Waals surface area (Å²) in [5.41, 5.74) is 4.83. The first-order valence-electron chi connectivity index (χ1n) is 8.89. The van der Waals surface area contributed by atoms with Gasteiger partial charge in [0.05, 0.1) is 17.5 Å². The van der Waals surface area contributed by atoms with Crippen molar-refractivity contribution in [2.75, 3.05) is 11.4 Å². The predicted molar refractivity (Wildman–Crippen MR) is 104 cm³/mol. The van der Waals surface area contributed by atoms with Gasteiger partial charge in [-0.25, -0.2) is 9.97 Å². The van der Waals surface area contributed by atoms with Gasteiger partial charge in [0.25, 0.3) is 6.47 Å². The molecule has 0 aliphatic carbocycles. The Morgan fingerprint density at radius 2 is 2.04 bits per heavy atom. The van der Waals surface area contributed by atoms with Crippen molar-refractivity contribution in [2.45, 2.75) is 33.2 Å². The maximum Gasteiger partial charge on any atom is 0.290 e. The Bertz CT molecular complexity index is 981. The minimum atomic E-state index is -0.250. The van der Waals surface area contributed by atoms with Gasteiger partial charge < -0.3 is 14.6 Å². The molecule has 0 spiro atoms. The first-order valence-corrected chi connectivity index (χ1v) is 8.89. The SMILES string of the molecule is CCn1cnc(-c2cc(C)c3cc(N4CCCC4=O)ccc3n2)c1.O=CO. The molecule has 3 aromatic rings. The number of carboxylic acid groups (broad SMARTS) is 1. The number of pyridine rings is 1. The number of imidazole rings is 1. The molecule has 1 fully saturated rings. The van der Waals surface area contributed by atoms with Gasteiger partial charge in [-0.15, -0.1) is 0 Å². The maximum absolute atomic E-state index is 12.0. The van der Waals surface area contributed by atoms with E-state index in [1.54, 1.807) is 0 Å². The van der Waals surface area contributed by atoms with Crippen LogP contribution in [-0.4, -0.2) is 38.6 Å². The van der Waals surface area contributed by atoms with Crippen LogP contribution in [-0.2, 0) is 16.1 Å². The van der Waals surface area contributed by atoms with Gasteiger partial charge in [-0.3, -0.25) is 9.59 Å². The predicted octanol–water partition coefficient (Wildman–Crippen LogP) is 3.25. The highest BCUT2D eigenvalue weighted by molar-refractivity contribution is 5.98. The fourth-order valence-electron chi connectivity index (χ4n) is 3.27. The lowest BCUT2D eigenvalue weighted by atomic mass is 10.1. The summed E-state index contributed by atoms with van der Waals surface area (Å²) in [5, 5.41) is 7.98. The van der Waals surface area contributed by atoms with Crippen LogP contribution in [0.25, 0.3) is 22.3 Å². The summed E-state index contributed by atoms with van der Waals surface area (Å²) in [5.74, 6) is 0.210. The van der Waals surface area contributed by atoms with E-state index in [0.29, 0.717) is 6.42 Å². The largest absolute Gasteiger partial charge is 0.483 e. The molecule has 0 bridgehead atoms. The number of hydrogen-bond acceptors (Lipinski definition) is 4. The fourth-order valence-corrected chi connectivity index (χ4v) is 3.27. The van der Waals surface area contributed by atoms with Crippen LogP contribution in [0.5, 0.6) is 0 Å². The molecule has 0 atom stereocenters. The molecule has 4 rings (SSSR count). The number of fused-ring (bicyclic) bond motifs is 1. The van der Waals surface area contributed by atoms with E-state index in [-0.39, 0.29) is 12.4 Å². The molecule has 0 radical (unpaired) electrons. The fraction of sp³-hybridized carbons (Fsp3) is 0.300. The first kappa shape index (κ1) is 18.6. The van der Waals surface area contributed by atoms with Crippen LogP contribution in [0.3, 0.4) is 0 Å². The Labute approximate surface area is 157 Å². The smallest absolute Gasteiger partial charge is 0.290 e. The lowest BCUT2D eigenvalue weighted by Gasteiger charge is -2.16. The lowest BCUT2D eigenvalue weighted by molar-refractivity contribution is -0.123. The van der Waals surface area contributed by atoms with E-state index in [1.807, 2.05) is 34.1 Å². The van der Waals surface area contributed by atoms with E-state index in [1.165, 1.54) is 0 Å². The minimum absolute atomic E-state index is 0.210. The van der Waals surface area contributed by atoms with Crippen LogP contribution in [0, 0.1) is 6.92 Å². The van der Waals surface area contributed by atoms with Crippen molar-refractivity contribution < 1.29 is 14.7 Å². The summed E-state index contributed by atoms with van der Waals surface area (Å²) >= 11 is 0. The molecule has 0 saturated carbocycles. The molecule has 140 valence electrons. The van der Waals surface area contributed by atoms with Gasteiger partial charge in [-0.05, 0) is 50.1 Å². The molecule has 1 aliphatic heterocycles. The molecule has 7 heteroatoms. The second kappa shape index (κ2) is 7.99. The quantitative estimate of drug-likeness (QED) is 0.719. The number of benzene rings is 1. The zero-order chi connectivity index (χ0) is 19.4. The summed E-state index contributed by atoms with van der Waals surface area (Å²) < 4.78 is 2.04. The van der Waals surface area contributed by atoms with E-state index in [9.17, 15) is 4.79 Å². The molecular weight excluding hydrogens is 344 g/mol. The number of carbonyl (C=O) groups excluding carboxylic acids is 1. The van der Waals surface area contributed by atoms with E-state index in [0.717, 1.165) is 53.1 Å². The molecule has 7 nitrogen and oxygen atoms in total. The summed E-state index contributed by atoms with van der Waals surface area (Å²) in [7, 11) is 0. The van der Waals surface area contributed by atoms with Gasteiger partial charge >= 0.3 is 0 Å². The van der Waals surface area contributed by atoms with Crippen molar-refractivity contribution in [2.24, 2.45) is 0 Å². The third-order valence-electron chi connectivity index (χ3n) is 4.65. The molecular formula is C20H22N4O3. The first-order chi connectivity index (χ1) is 13.1. The number of carbonyl (C=O) groups is 2. The van der Waals surface area contributed by atoms with Crippen LogP contribution in [0.15, 0.2) is 36.8 Å². The molecule has 1 aliphatic rings. The number of anilines is 1. The summed E-state index contributed by atoms with van der Waals surface area (Å²) in [6.07, 6.45) is 5.44. The van der Waals surface area contributed by atoms with Gasteiger partial charge in [-0.1, -0.05) is 0 Å². The van der Waals surface area contributed by atoms with Gasteiger partial charge in [0.2, 0.25) is 5.91 Å². The second-order valence-electron chi connectivity index (χ2n) is 6.37. The highest BCUT2D eigenvalue weighted by Crippen LogP contribution is 2.29. The van der Waals surface area contributed by atoms with Crippen LogP contribution >= 0.6 is 0 Å². The molecule has 0 unspecified atom stereocenters. The van der Waals surface area contributed by atoms with Crippen LogP contribution in [0.1, 0.15) is 25.3 Å². The van der Waals surface area contributed by atoms with Gasteiger partial charge in [0, 0.05) is 36.8 Å². The van der Waals surface area contributed by atoms with E-state index in [2.05, 4.69) is 31.0 Å². The molecule has 2 aromatic heterocycles. The number of aryl methyl sites for hydroxylation is 2. The topological polar surface area (TPSA) is 88.3 Å². The third kappa shape index (κ3) is 3.81. The number of rotatable bonds is 3. The van der Waals surface area contributed by atoms with Crippen molar-refractivity contribution in [3.05, 3.63) is 42.4 Å². The molecule has 3 heterocycles. The zero-order valence-corrected chi connectivity index (χ0v) is 15.4. The average molecular weight is 366 g/mol. The van der Waals surface area contributed by atoms with Crippen molar-refractivity contribution in [3.63, 3.8) is 0 Å². The van der Waals surface area contributed by atoms with Crippen LogP contribution in [0.2, 0.25) is 0 Å². The van der Waals surface area contributed by atoms with Crippen LogP contribution < -0.4 is 4.90 Å². The number of amides is 1. The highest BCUT2D eigenvalue weighted by atomic mass is 16.3. The molecule has 1 amide bonds. The molecule has 1 aromatic carbocycles. The normalized spacial score (nSPS) is 13.6. The number of aromatic nitrogens is 3. The van der Waals surface area contributed by atoms with Crippen molar-refractivity contribution in [1.29, 1.82) is 0 Å². The van der Waals surface area contributed by atoms with Gasteiger partial charge in [0.1, 0.15) is 5.69 Å². The average Bonchev–Trinajstić information content (AvgIpc) is 3.31. The molecule has 1 N–H and O–H groups in total. The number of nitrogens with zero attached hydrogens (tertiary/aromatic N) is 4. The van der Waals surface area contributed by atoms with Crippen molar-refractivity contribution >= 4 is 29.0 Å². The number of hydrogen-bond donors (Lipinski definition) is 1. The molecule has 1 saturated heterocycles.